The van der Waals surface area contributed by atoms with Crippen LogP contribution in [-0.2, 0) is 28.9 Å². The van der Waals surface area contributed by atoms with Gasteiger partial charge in [-0.15, -0.1) is 0 Å². The predicted octanol–water partition coefficient (Wildman–Crippen LogP) is 4.40. The molecule has 0 bridgehead atoms. The molecule has 0 saturated carbocycles. The molecule has 13 nitrogen and oxygen atoms in total. The van der Waals surface area contributed by atoms with Crippen molar-refractivity contribution in [2.24, 2.45) is 0 Å². The van der Waals surface area contributed by atoms with E-state index in [0.29, 0.717) is 12.8 Å². The Morgan fingerprint density at radius 3 is 1.88 bits per heavy atom. The molecule has 1 amide bonds. The molecule has 1 aliphatic rings. The molecule has 1 aliphatic heterocycles. The Morgan fingerprint density at radius 2 is 1.32 bits per heavy atom. The first-order valence-electron chi connectivity index (χ1n) is 18.8. The molecule has 8 unspecified atom stereocenters. The minimum absolute atomic E-state index is 0.235. The van der Waals surface area contributed by atoms with Gasteiger partial charge < -0.3 is 40.3 Å². The van der Waals surface area contributed by atoms with Crippen LogP contribution in [0, 0.1) is 0 Å². The van der Waals surface area contributed by atoms with Gasteiger partial charge in [-0.1, -0.05) is 115 Å². The summed E-state index contributed by atoms with van der Waals surface area (Å²) in [5, 5.41) is 54.6. The highest BCUT2D eigenvalue weighted by atomic mass is 32.3. The van der Waals surface area contributed by atoms with E-state index in [9.17, 15) is 38.7 Å². The number of hydrogen-bond donors (Lipinski definition) is 7. The maximum Gasteiger partial charge on any atom is 0.397 e. The first-order valence-corrected chi connectivity index (χ1v) is 20.2. The molecule has 0 aromatic heterocycles. The second kappa shape index (κ2) is 28.1. The molecule has 0 aromatic rings. The van der Waals surface area contributed by atoms with Crippen LogP contribution in [0.25, 0.3) is 0 Å². The van der Waals surface area contributed by atoms with Gasteiger partial charge in [-0.25, -0.2) is 4.18 Å². The number of nitrogens with one attached hydrogen (secondary N) is 1. The molecule has 8 atom stereocenters. The summed E-state index contributed by atoms with van der Waals surface area (Å²) in [6, 6.07) is -1.12. The highest BCUT2D eigenvalue weighted by Gasteiger charge is 2.48. The molecule has 14 heteroatoms. The number of aliphatic hydroxyl groups excluding tert-OH is 5. The average Bonchev–Trinajstić information content (AvgIpc) is 3.08. The summed E-state index contributed by atoms with van der Waals surface area (Å²) in [5.74, 6) is -0.714. The zero-order valence-corrected chi connectivity index (χ0v) is 31.1. The zero-order chi connectivity index (χ0) is 37.2. The summed E-state index contributed by atoms with van der Waals surface area (Å²) in [5.41, 5.74) is 0. The van der Waals surface area contributed by atoms with Crippen LogP contribution in [0.2, 0.25) is 0 Å². The normalized spacial score (nSPS) is 23.4. The van der Waals surface area contributed by atoms with E-state index in [4.69, 9.17) is 14.0 Å². The Bertz CT molecular complexity index is 1030. The van der Waals surface area contributed by atoms with Crippen molar-refractivity contribution in [3.8, 4) is 0 Å². The lowest BCUT2D eigenvalue weighted by atomic mass is 9.99. The summed E-state index contributed by atoms with van der Waals surface area (Å²) >= 11 is 0. The van der Waals surface area contributed by atoms with Crippen LogP contribution in [-0.4, -0.2) is 107 Å². The lowest BCUT2D eigenvalue weighted by Gasteiger charge is -2.41. The standard InChI is InChI=1S/C36H67NO12S/c1-3-5-7-9-11-12-13-14-15-16-17-19-21-23-25-30(40)35(43)37-28(29(39)24-22-20-18-10-8-6-4-2)27-47-36-33(42)34(49-50(44,45)46)32(41)31(26-38)48-36/h12-13,22,24,28-34,36,38-42H,3-11,14-21,23,25-27H2,1-2H3,(H,37,43)(H,44,45,46)/b13-12-,24-22+. The highest BCUT2D eigenvalue weighted by molar-refractivity contribution is 7.80. The molecule has 1 rings (SSSR count). The van der Waals surface area contributed by atoms with Crippen molar-refractivity contribution in [3.05, 3.63) is 24.3 Å². The average molecular weight is 738 g/mol. The number of ether oxygens (including phenoxy) is 2. The number of carbonyl (C=O) groups is 1. The van der Waals surface area contributed by atoms with Crippen molar-refractivity contribution in [2.75, 3.05) is 13.2 Å². The van der Waals surface area contributed by atoms with Gasteiger partial charge in [0, 0.05) is 0 Å². The Balaban J connectivity index is 2.66. The van der Waals surface area contributed by atoms with E-state index in [1.807, 2.05) is 0 Å². The van der Waals surface area contributed by atoms with Gasteiger partial charge in [-0.2, -0.15) is 8.42 Å². The number of amides is 1. The van der Waals surface area contributed by atoms with Gasteiger partial charge in [0.2, 0.25) is 5.91 Å². The molecular formula is C36H67NO12S. The summed E-state index contributed by atoms with van der Waals surface area (Å²) in [7, 11) is -5.11. The topological polar surface area (TPSA) is 212 Å². The molecule has 294 valence electrons. The van der Waals surface area contributed by atoms with Crippen LogP contribution in [0.5, 0.6) is 0 Å². The summed E-state index contributed by atoms with van der Waals surface area (Å²) in [4.78, 5) is 12.9. The lowest BCUT2D eigenvalue weighted by Crippen LogP contribution is -2.61. The second-order valence-corrected chi connectivity index (χ2v) is 14.3. The van der Waals surface area contributed by atoms with Gasteiger partial charge in [-0.3, -0.25) is 9.35 Å². The fraction of sp³-hybridized carbons (Fsp3) is 0.861. The molecule has 0 radical (unpaired) electrons. The largest absolute Gasteiger partial charge is 0.397 e. The Kier molecular flexibility index (Phi) is 26.2. The minimum Gasteiger partial charge on any atom is -0.394 e. The second-order valence-electron chi connectivity index (χ2n) is 13.3. The third-order valence-electron chi connectivity index (χ3n) is 8.83. The van der Waals surface area contributed by atoms with Gasteiger partial charge in [0.05, 0.1) is 25.4 Å². The van der Waals surface area contributed by atoms with Crippen LogP contribution in [0.3, 0.4) is 0 Å². The summed E-state index contributed by atoms with van der Waals surface area (Å²) in [6.45, 7) is 3.08. The van der Waals surface area contributed by atoms with E-state index in [2.05, 4.69) is 35.5 Å². The zero-order valence-electron chi connectivity index (χ0n) is 30.3. The van der Waals surface area contributed by atoms with Crippen LogP contribution in [0.4, 0.5) is 0 Å². The number of unbranched alkanes of at least 4 members (excludes halogenated alkanes) is 15. The number of aliphatic hydroxyl groups is 5. The minimum atomic E-state index is -5.11. The van der Waals surface area contributed by atoms with Crippen molar-refractivity contribution >= 4 is 16.3 Å². The van der Waals surface area contributed by atoms with Crippen LogP contribution in [0.15, 0.2) is 24.3 Å². The Hall–Kier alpha value is -1.46. The third-order valence-corrected chi connectivity index (χ3v) is 9.30. The van der Waals surface area contributed by atoms with Crippen molar-refractivity contribution in [1.82, 2.24) is 5.32 Å². The van der Waals surface area contributed by atoms with Crippen LogP contribution >= 0.6 is 0 Å². The third kappa shape index (κ3) is 21.2. The first-order chi connectivity index (χ1) is 23.9. The molecule has 50 heavy (non-hydrogen) atoms. The van der Waals surface area contributed by atoms with E-state index in [1.54, 1.807) is 6.08 Å². The van der Waals surface area contributed by atoms with E-state index < -0.39 is 78.5 Å². The van der Waals surface area contributed by atoms with Crippen molar-refractivity contribution in [3.63, 3.8) is 0 Å². The molecule has 1 heterocycles. The van der Waals surface area contributed by atoms with E-state index >= 15 is 0 Å². The quantitative estimate of drug-likeness (QED) is 0.0311. The molecule has 1 fully saturated rings. The van der Waals surface area contributed by atoms with Crippen molar-refractivity contribution < 1.29 is 57.0 Å². The van der Waals surface area contributed by atoms with Crippen LogP contribution in [0.1, 0.15) is 136 Å². The monoisotopic (exact) mass is 737 g/mol. The predicted molar refractivity (Wildman–Crippen MR) is 191 cm³/mol. The van der Waals surface area contributed by atoms with Gasteiger partial charge in [0.15, 0.2) is 6.29 Å². The van der Waals surface area contributed by atoms with E-state index in [-0.39, 0.29) is 6.42 Å². The van der Waals surface area contributed by atoms with Gasteiger partial charge in [-0.05, 0) is 44.9 Å². The summed E-state index contributed by atoms with van der Waals surface area (Å²) in [6.07, 6.45) is 16.0. The van der Waals surface area contributed by atoms with Gasteiger partial charge >= 0.3 is 10.4 Å². The van der Waals surface area contributed by atoms with Crippen molar-refractivity contribution in [2.45, 2.75) is 185 Å². The molecule has 0 aromatic carbocycles. The SMILES string of the molecule is CCCCCC/C=C\CCCCCCCCC(O)C(=O)NC(COC1OC(CO)C(O)C(OS(=O)(=O)O)C1O)C(O)/C=C/CCCCCCC. The smallest absolute Gasteiger partial charge is 0.394 e. The number of hydrogen-bond acceptors (Lipinski definition) is 11. The number of carbonyl (C=O) groups excluding carboxylic acids is 1. The molecule has 7 N–H and O–H groups in total. The van der Waals surface area contributed by atoms with Gasteiger partial charge in [0.1, 0.15) is 30.5 Å². The first kappa shape index (κ1) is 46.6. The van der Waals surface area contributed by atoms with Crippen molar-refractivity contribution in [1.29, 1.82) is 0 Å². The lowest BCUT2D eigenvalue weighted by molar-refractivity contribution is -0.298. The molecule has 1 saturated heterocycles. The molecule has 0 spiro atoms. The van der Waals surface area contributed by atoms with E-state index in [0.717, 1.165) is 77.0 Å². The molecule has 0 aliphatic carbocycles. The van der Waals surface area contributed by atoms with E-state index in [1.165, 1.54) is 31.8 Å². The highest BCUT2D eigenvalue weighted by Crippen LogP contribution is 2.26. The Morgan fingerprint density at radius 1 is 0.800 bits per heavy atom. The fourth-order valence-electron chi connectivity index (χ4n) is 5.75. The van der Waals surface area contributed by atoms with Crippen LogP contribution < -0.4 is 5.32 Å². The van der Waals surface area contributed by atoms with Gasteiger partial charge in [0.25, 0.3) is 0 Å². The maximum atomic E-state index is 12.9. The fourth-order valence-corrected chi connectivity index (χ4v) is 6.25. The summed E-state index contributed by atoms with van der Waals surface area (Å²) < 4.78 is 47.1. The Labute approximate surface area is 300 Å². The number of allylic oxidation sites excluding steroid dienone is 3. The molecular weight excluding hydrogens is 670 g/mol. The number of rotatable bonds is 30. The maximum absolute atomic E-state index is 12.9.